The highest BCUT2D eigenvalue weighted by Crippen LogP contribution is 2.76. The lowest BCUT2D eigenvalue weighted by Gasteiger charge is -2.70. The van der Waals surface area contributed by atoms with E-state index in [1.165, 1.54) is 4.31 Å². The monoisotopic (exact) mass is 611 g/mol. The zero-order valence-corrected chi connectivity index (χ0v) is 27.6. The number of aliphatic hydroxyl groups excluding tert-OH is 2. The van der Waals surface area contributed by atoms with Crippen LogP contribution in [-0.2, 0) is 14.9 Å². The third-order valence-corrected chi connectivity index (χ3v) is 15.8. The number of aliphatic hydroxyl groups is 2. The van der Waals surface area contributed by atoms with Crippen molar-refractivity contribution in [1.82, 2.24) is 14.3 Å². The highest BCUT2D eigenvalue weighted by Gasteiger charge is 2.71. The molecule has 0 aromatic heterocycles. The number of carbonyl (C=O) groups excluding carboxylic acids is 1. The van der Waals surface area contributed by atoms with Crippen LogP contribution < -0.4 is 10.0 Å². The first-order chi connectivity index (χ1) is 19.6. The number of fused-ring (bicyclic) bond motifs is 5. The number of morpholine rings is 1. The van der Waals surface area contributed by atoms with Gasteiger partial charge >= 0.3 is 16.2 Å². The summed E-state index contributed by atoms with van der Waals surface area (Å²) in [6.07, 6.45) is 8.30. The molecule has 0 radical (unpaired) electrons. The van der Waals surface area contributed by atoms with Crippen LogP contribution in [0.2, 0.25) is 0 Å². The molecule has 4 aliphatic carbocycles. The number of hydrogen-bond acceptors (Lipinski definition) is 6. The number of hydrogen-bond donors (Lipinski definition) is 4. The fourth-order valence-electron chi connectivity index (χ4n) is 11.2. The van der Waals surface area contributed by atoms with Crippen LogP contribution in [0.25, 0.3) is 0 Å². The summed E-state index contributed by atoms with van der Waals surface area (Å²) in [5.74, 6) is 1.60. The van der Waals surface area contributed by atoms with Gasteiger partial charge in [0.25, 0.3) is 0 Å². The molecule has 5 fully saturated rings. The molecule has 0 spiro atoms. The first kappa shape index (κ1) is 32.5. The van der Waals surface area contributed by atoms with Gasteiger partial charge in [0.05, 0.1) is 25.4 Å². The minimum absolute atomic E-state index is 0.0488. The minimum atomic E-state index is -3.88. The second-order valence-electron chi connectivity index (χ2n) is 15.5. The highest BCUT2D eigenvalue weighted by molar-refractivity contribution is 7.87. The number of nitrogens with one attached hydrogen (secondary N) is 2. The molecule has 9 nitrogen and oxygen atoms in total. The smallest absolute Gasteiger partial charge is 0.329 e. The van der Waals surface area contributed by atoms with E-state index in [1.807, 2.05) is 0 Å². The molecule has 0 bridgehead atoms. The Balaban J connectivity index is 1.27. The first-order valence-electron chi connectivity index (χ1n) is 16.6. The zero-order chi connectivity index (χ0) is 30.7. The van der Waals surface area contributed by atoms with Gasteiger partial charge in [-0.2, -0.15) is 12.7 Å². The second kappa shape index (κ2) is 11.5. The van der Waals surface area contributed by atoms with Crippen LogP contribution in [0.4, 0.5) is 4.79 Å². The average Bonchev–Trinajstić information content (AvgIpc) is 3.22. The fraction of sp³-hybridized carbons (Fsp3) is 0.969. The molecule has 5 aliphatic rings. The maximum atomic E-state index is 12.6. The molecule has 2 unspecified atom stereocenters. The van der Waals surface area contributed by atoms with Gasteiger partial charge in [-0.05, 0) is 103 Å². The molecule has 4 N–H and O–H groups in total. The summed E-state index contributed by atoms with van der Waals surface area (Å²) in [5, 5.41) is 25.6. The Bertz CT molecular complexity index is 1120. The van der Waals surface area contributed by atoms with Crippen molar-refractivity contribution in [2.45, 2.75) is 112 Å². The summed E-state index contributed by atoms with van der Waals surface area (Å²) in [5.41, 5.74) is 0.308. The lowest BCUT2D eigenvalue weighted by atomic mass is 9.35. The van der Waals surface area contributed by atoms with Gasteiger partial charge in [0.15, 0.2) is 0 Å². The Hall–Kier alpha value is -0.940. The third-order valence-electron chi connectivity index (χ3n) is 14.4. The summed E-state index contributed by atoms with van der Waals surface area (Å²) in [7, 11) is -3.88. The van der Waals surface area contributed by atoms with Gasteiger partial charge in [-0.25, -0.2) is 9.52 Å². The normalized spacial score (nSPS) is 46.7. The van der Waals surface area contributed by atoms with Crippen LogP contribution in [0, 0.1) is 51.2 Å². The Morgan fingerprint density at radius 1 is 0.976 bits per heavy atom. The number of urea groups is 1. The predicted octanol–water partition coefficient (Wildman–Crippen LogP) is 4.30. The molecule has 11 atom stereocenters. The highest BCUT2D eigenvalue weighted by atomic mass is 32.2. The van der Waals surface area contributed by atoms with Gasteiger partial charge in [0, 0.05) is 19.6 Å². The van der Waals surface area contributed by atoms with E-state index in [-0.39, 0.29) is 58.8 Å². The van der Waals surface area contributed by atoms with E-state index in [9.17, 15) is 23.4 Å². The van der Waals surface area contributed by atoms with Crippen LogP contribution >= 0.6 is 0 Å². The van der Waals surface area contributed by atoms with Gasteiger partial charge in [-0.15, -0.1) is 0 Å². The molecule has 42 heavy (non-hydrogen) atoms. The Morgan fingerprint density at radius 3 is 2.31 bits per heavy atom. The van der Waals surface area contributed by atoms with Crippen molar-refractivity contribution in [3.05, 3.63) is 0 Å². The van der Waals surface area contributed by atoms with E-state index in [0.29, 0.717) is 37.5 Å². The van der Waals surface area contributed by atoms with Crippen molar-refractivity contribution in [2.75, 3.05) is 32.8 Å². The van der Waals surface area contributed by atoms with E-state index in [4.69, 9.17) is 4.74 Å². The van der Waals surface area contributed by atoms with Crippen LogP contribution in [0.1, 0.15) is 99.3 Å². The van der Waals surface area contributed by atoms with Gasteiger partial charge in [-0.3, -0.25) is 0 Å². The van der Waals surface area contributed by atoms with Crippen molar-refractivity contribution < 1.29 is 28.2 Å². The molecule has 1 heterocycles. The molecule has 242 valence electrons. The molecular weight excluding hydrogens is 554 g/mol. The summed E-state index contributed by atoms with van der Waals surface area (Å²) >= 11 is 0. The molecule has 2 amide bonds. The van der Waals surface area contributed by atoms with Crippen LogP contribution in [0.15, 0.2) is 0 Å². The zero-order valence-electron chi connectivity index (χ0n) is 26.8. The summed E-state index contributed by atoms with van der Waals surface area (Å²) in [4.78, 5) is 12.5. The van der Waals surface area contributed by atoms with Gasteiger partial charge in [0.1, 0.15) is 0 Å². The van der Waals surface area contributed by atoms with Crippen LogP contribution in [0.5, 0.6) is 0 Å². The predicted molar refractivity (Wildman–Crippen MR) is 163 cm³/mol. The molecule has 0 aromatic rings. The second-order valence-corrected chi connectivity index (χ2v) is 17.2. The fourth-order valence-corrected chi connectivity index (χ4v) is 12.3. The van der Waals surface area contributed by atoms with Crippen molar-refractivity contribution in [3.63, 3.8) is 0 Å². The summed E-state index contributed by atoms with van der Waals surface area (Å²) in [6.45, 7) is 15.9. The molecular formula is C32H57N3O6S. The molecule has 0 aromatic carbocycles. The maximum absolute atomic E-state index is 12.6. The Morgan fingerprint density at radius 2 is 1.64 bits per heavy atom. The molecule has 4 saturated carbocycles. The Kier molecular flexibility index (Phi) is 8.85. The first-order valence-corrected chi connectivity index (χ1v) is 18.1. The van der Waals surface area contributed by atoms with Crippen LogP contribution in [-0.4, -0.2) is 74.0 Å². The van der Waals surface area contributed by atoms with Crippen molar-refractivity contribution in [1.29, 1.82) is 0 Å². The third kappa shape index (κ3) is 4.94. The van der Waals surface area contributed by atoms with Crippen molar-refractivity contribution in [2.24, 2.45) is 51.2 Å². The van der Waals surface area contributed by atoms with E-state index in [2.05, 4.69) is 51.6 Å². The van der Waals surface area contributed by atoms with E-state index >= 15 is 0 Å². The van der Waals surface area contributed by atoms with Gasteiger partial charge in [0.2, 0.25) is 0 Å². The number of carbonyl (C=O) groups is 1. The number of rotatable bonds is 7. The quantitative estimate of drug-likeness (QED) is 0.340. The number of ether oxygens (including phenoxy) is 1. The number of nitrogens with zero attached hydrogens (tertiary/aromatic N) is 1. The maximum Gasteiger partial charge on any atom is 0.329 e. The molecule has 1 aliphatic heterocycles. The topological polar surface area (TPSA) is 128 Å². The standard InChI is InChI=1S/C32H57N3O6S/c1-7-23-25-20-22(36)8-11-30(25,4)32(6)14-13-31(5)24(26(32)27(23)37)9-12-29(31,3)21(2)10-15-33-28(38)34-42(39,40)35-16-18-41-19-17-35/h21-27,36-37H,7-20H2,1-6H3,(H2,33,34,38)/t21-,22-,23-,24+,25?,26-,27-,29-,30?,31+,32+/m1/s1. The average molecular weight is 612 g/mol. The van der Waals surface area contributed by atoms with E-state index in [0.717, 1.165) is 57.8 Å². The SMILES string of the molecule is CC[C@@H]1C2C[C@H](O)CCC2(C)[C@@]2(C)CC[C@@]3(C)[C@@H](CC[C@]3(C)[C@H](C)CCNC(=O)NS(=O)(=O)N3CCOCC3)[C@@H]2[C@@H]1O. The van der Waals surface area contributed by atoms with Crippen LogP contribution in [0.3, 0.4) is 0 Å². The van der Waals surface area contributed by atoms with Gasteiger partial charge < -0.3 is 20.3 Å². The van der Waals surface area contributed by atoms with Crippen molar-refractivity contribution >= 4 is 16.2 Å². The molecule has 10 heteroatoms. The lowest BCUT2D eigenvalue weighted by Crippen LogP contribution is -2.67. The summed E-state index contributed by atoms with van der Waals surface area (Å²) in [6, 6.07) is -0.681. The molecule has 5 rings (SSSR count). The summed E-state index contributed by atoms with van der Waals surface area (Å²) < 4.78 is 33.7. The minimum Gasteiger partial charge on any atom is -0.393 e. The Labute approximate surface area is 254 Å². The lowest BCUT2D eigenvalue weighted by molar-refractivity contribution is -0.253. The number of amides is 2. The van der Waals surface area contributed by atoms with E-state index < -0.39 is 16.2 Å². The van der Waals surface area contributed by atoms with E-state index in [1.54, 1.807) is 0 Å². The molecule has 1 saturated heterocycles. The largest absolute Gasteiger partial charge is 0.393 e. The van der Waals surface area contributed by atoms with Gasteiger partial charge in [-0.1, -0.05) is 48.0 Å². The van der Waals surface area contributed by atoms with Crippen molar-refractivity contribution in [3.8, 4) is 0 Å².